The number of anilines is 1. The third-order valence-electron chi connectivity index (χ3n) is 11.3. The molecule has 2 aromatic rings. The Morgan fingerprint density at radius 3 is 2.81 bits per heavy atom. The predicted octanol–water partition coefficient (Wildman–Crippen LogP) is 6.65. The number of thioether (sulfide) groups is 1. The summed E-state index contributed by atoms with van der Waals surface area (Å²) in [6, 6.07) is 1.44. The van der Waals surface area contributed by atoms with Gasteiger partial charge in [-0.2, -0.15) is 15.2 Å². The Labute approximate surface area is 285 Å². The van der Waals surface area contributed by atoms with Gasteiger partial charge in [0.05, 0.1) is 50.5 Å². The predicted molar refractivity (Wildman–Crippen MR) is 176 cm³/mol. The average molecular weight is 703 g/mol. The van der Waals surface area contributed by atoms with E-state index in [1.54, 1.807) is 0 Å². The van der Waals surface area contributed by atoms with E-state index < -0.39 is 48.1 Å². The minimum atomic E-state index is -2.72. The van der Waals surface area contributed by atoms with E-state index in [0.717, 1.165) is 62.5 Å². The van der Waals surface area contributed by atoms with Crippen LogP contribution in [0.5, 0.6) is 11.8 Å². The highest BCUT2D eigenvalue weighted by Gasteiger charge is 2.52. The molecule has 14 heteroatoms. The lowest BCUT2D eigenvalue weighted by Gasteiger charge is -2.35. The van der Waals surface area contributed by atoms with Gasteiger partial charge in [-0.05, 0) is 44.1 Å². The van der Waals surface area contributed by atoms with Crippen LogP contribution >= 0.6 is 23.4 Å². The number of fused-ring (bicyclic) bond motifs is 2. The molecule has 1 aromatic heterocycles. The number of alkyl halides is 3. The van der Waals surface area contributed by atoms with Crippen molar-refractivity contribution < 1.29 is 27.0 Å². The second-order valence-corrected chi connectivity index (χ2v) is 15.9. The van der Waals surface area contributed by atoms with Gasteiger partial charge in [-0.15, -0.1) is 11.8 Å². The molecule has 2 unspecified atom stereocenters. The minimum absolute atomic E-state index is 0.00110. The Morgan fingerprint density at radius 2 is 2.08 bits per heavy atom. The summed E-state index contributed by atoms with van der Waals surface area (Å²) in [6.07, 6.45) is 2.94. The van der Waals surface area contributed by atoms with Crippen LogP contribution in [0.4, 0.5) is 23.4 Å². The average Bonchev–Trinajstić information content (AvgIpc) is 3.41. The number of halogens is 5. The van der Waals surface area contributed by atoms with Crippen molar-refractivity contribution in [3.05, 3.63) is 51.3 Å². The lowest BCUT2D eigenvalue weighted by Crippen LogP contribution is -2.47. The van der Waals surface area contributed by atoms with Crippen LogP contribution in [0.15, 0.2) is 34.9 Å². The second-order valence-electron chi connectivity index (χ2n) is 14.3. The highest BCUT2D eigenvalue weighted by atomic mass is 35.5. The molecule has 2 N–H and O–H groups in total. The van der Waals surface area contributed by atoms with E-state index in [4.69, 9.17) is 31.8 Å². The van der Waals surface area contributed by atoms with Crippen molar-refractivity contribution in [3.63, 3.8) is 0 Å². The summed E-state index contributed by atoms with van der Waals surface area (Å²) >= 11 is 8.11. The molecule has 48 heavy (non-hydrogen) atoms. The number of hydrogen-bond acceptors (Lipinski definition) is 9. The molecule has 5 heterocycles. The van der Waals surface area contributed by atoms with Crippen molar-refractivity contribution in [2.75, 3.05) is 37.7 Å². The molecule has 0 amide bonds. The van der Waals surface area contributed by atoms with Crippen LogP contribution in [0.2, 0.25) is 5.02 Å². The van der Waals surface area contributed by atoms with Gasteiger partial charge in [0.2, 0.25) is 0 Å². The standard InChI is InChI=1S/C34H35ClF4N6O2S/c1-16-10-34(6-3-9-44(34)12-16)15-47-32-42-27-24-28(46-14-20(33(2)7-8-33)45(13-21(37)38)31(24)43-32)25(35)23(26(27)39)17-4-5-19(36)29-22(17)18(11-40)30(41)48-29/h4-5,17,19-22,29H,1,3,6-10,12-15,41H2,2H3/t17-,19?,20?,22+,29+,34-/m0/s1. The number of hydrogen-bond donors (Lipinski definition) is 1. The van der Waals surface area contributed by atoms with E-state index in [1.165, 1.54) is 17.1 Å². The van der Waals surface area contributed by atoms with E-state index in [9.17, 15) is 14.0 Å². The maximum Gasteiger partial charge on any atom is 0.319 e. The van der Waals surface area contributed by atoms with Crippen molar-refractivity contribution in [3.8, 4) is 17.8 Å². The van der Waals surface area contributed by atoms with E-state index in [0.29, 0.717) is 0 Å². The Balaban J connectivity index is 1.31. The van der Waals surface area contributed by atoms with Gasteiger partial charge in [-0.1, -0.05) is 42.8 Å². The lowest BCUT2D eigenvalue weighted by atomic mass is 9.74. The Bertz CT molecular complexity index is 1830. The number of aromatic nitrogens is 2. The van der Waals surface area contributed by atoms with Crippen molar-refractivity contribution in [1.82, 2.24) is 14.9 Å². The van der Waals surface area contributed by atoms with Crippen LogP contribution in [0.1, 0.15) is 50.5 Å². The quantitative estimate of drug-likeness (QED) is 0.251. The van der Waals surface area contributed by atoms with Gasteiger partial charge < -0.3 is 20.1 Å². The molecular weight excluding hydrogens is 668 g/mol. The second kappa shape index (κ2) is 11.4. The fourth-order valence-corrected chi connectivity index (χ4v) is 10.2. The zero-order valence-corrected chi connectivity index (χ0v) is 27.9. The maximum absolute atomic E-state index is 17.2. The summed E-state index contributed by atoms with van der Waals surface area (Å²) in [5.74, 6) is -2.37. The summed E-state index contributed by atoms with van der Waals surface area (Å²) in [5.41, 5.74) is 6.57. The molecule has 254 valence electrons. The third kappa shape index (κ3) is 4.88. The van der Waals surface area contributed by atoms with Crippen molar-refractivity contribution in [2.45, 2.75) is 74.4 Å². The number of nitrogens with zero attached hydrogens (tertiary/aromatic N) is 5. The smallest absolute Gasteiger partial charge is 0.319 e. The molecule has 8 rings (SSSR count). The molecule has 4 aliphatic heterocycles. The van der Waals surface area contributed by atoms with E-state index in [1.807, 2.05) is 6.92 Å². The van der Waals surface area contributed by atoms with Crippen molar-refractivity contribution in [2.24, 2.45) is 17.1 Å². The highest BCUT2D eigenvalue weighted by Crippen LogP contribution is 2.57. The number of nitriles is 1. The zero-order chi connectivity index (χ0) is 33.7. The van der Waals surface area contributed by atoms with E-state index >= 15 is 8.78 Å². The summed E-state index contributed by atoms with van der Waals surface area (Å²) in [6.45, 7) is 7.43. The summed E-state index contributed by atoms with van der Waals surface area (Å²) in [4.78, 5) is 13.1. The number of rotatable bonds is 7. The Morgan fingerprint density at radius 1 is 1.29 bits per heavy atom. The summed E-state index contributed by atoms with van der Waals surface area (Å²) in [7, 11) is 0. The monoisotopic (exact) mass is 702 g/mol. The van der Waals surface area contributed by atoms with Gasteiger partial charge in [0.1, 0.15) is 30.7 Å². The molecule has 3 fully saturated rings. The normalized spacial score (nSPS) is 32.0. The minimum Gasteiger partial charge on any atom is -0.489 e. The van der Waals surface area contributed by atoms with Gasteiger partial charge in [0.15, 0.2) is 11.6 Å². The van der Waals surface area contributed by atoms with Crippen LogP contribution in [0, 0.1) is 28.5 Å². The van der Waals surface area contributed by atoms with E-state index in [-0.39, 0.29) is 73.8 Å². The summed E-state index contributed by atoms with van der Waals surface area (Å²) in [5, 5.41) is 9.40. The van der Waals surface area contributed by atoms with Crippen LogP contribution in [0.25, 0.3) is 10.9 Å². The number of allylic oxidation sites excluding steroid dienone is 3. The van der Waals surface area contributed by atoms with Gasteiger partial charge in [-0.3, -0.25) is 4.90 Å². The molecule has 1 aromatic carbocycles. The molecule has 2 aliphatic carbocycles. The number of nitrogens with two attached hydrogens (primary N) is 1. The maximum atomic E-state index is 17.2. The number of benzene rings is 1. The van der Waals surface area contributed by atoms with Gasteiger partial charge in [0, 0.05) is 23.9 Å². The molecule has 6 aliphatic rings. The first-order chi connectivity index (χ1) is 22.9. The first-order valence-corrected chi connectivity index (χ1v) is 17.5. The molecule has 8 nitrogen and oxygen atoms in total. The summed E-state index contributed by atoms with van der Waals surface area (Å²) < 4.78 is 73.6. The zero-order valence-electron chi connectivity index (χ0n) is 26.3. The SMILES string of the molecule is C=C1CN2CCC[C@@]2(COc2nc3c4c(c(Cl)c([C@H]5C=CC(F)[C@H]6SC(N)=C(C#N)[C@@H]56)c(F)c4n2)OCC(C2(C)CC2)N3CC(F)F)C1. The largest absolute Gasteiger partial charge is 0.489 e. The van der Waals surface area contributed by atoms with Crippen molar-refractivity contribution >= 4 is 40.1 Å². The van der Waals surface area contributed by atoms with Crippen LogP contribution in [0.3, 0.4) is 0 Å². The van der Waals surface area contributed by atoms with Gasteiger partial charge in [0.25, 0.3) is 6.43 Å². The molecule has 6 atom stereocenters. The third-order valence-corrected chi connectivity index (χ3v) is 12.9. The fraction of sp³-hybridized carbons (Fsp3) is 0.559. The van der Waals surface area contributed by atoms with Crippen molar-refractivity contribution in [1.29, 1.82) is 5.26 Å². The first kappa shape index (κ1) is 32.0. The molecule has 2 saturated heterocycles. The number of ether oxygens (including phenoxy) is 2. The molecule has 0 radical (unpaired) electrons. The van der Waals surface area contributed by atoms with Crippen LogP contribution in [-0.2, 0) is 0 Å². The Kier molecular flexibility index (Phi) is 7.62. The van der Waals surface area contributed by atoms with E-state index in [2.05, 4.69) is 22.5 Å². The van der Waals surface area contributed by atoms with Gasteiger partial charge in [-0.25, -0.2) is 17.6 Å². The van der Waals surface area contributed by atoms with Crippen LogP contribution < -0.4 is 20.1 Å². The molecular formula is C34H35ClF4N6O2S. The fourth-order valence-electron chi connectivity index (χ4n) is 8.59. The van der Waals surface area contributed by atoms with Crippen LogP contribution in [-0.4, -0.2) is 77.1 Å². The molecule has 0 spiro atoms. The lowest BCUT2D eigenvalue weighted by molar-refractivity contribution is 0.107. The first-order valence-electron chi connectivity index (χ1n) is 16.3. The Hall–Kier alpha value is -3.21. The molecule has 0 bridgehead atoms. The topological polar surface area (TPSA) is 101 Å². The highest BCUT2D eigenvalue weighted by molar-refractivity contribution is 8.04. The van der Waals surface area contributed by atoms with Gasteiger partial charge >= 0.3 is 6.01 Å². The molecule has 1 saturated carbocycles.